The summed E-state index contributed by atoms with van der Waals surface area (Å²) < 4.78 is 28.3. The molecule has 0 aliphatic heterocycles. The molecule has 0 amide bonds. The van der Waals surface area contributed by atoms with E-state index in [0.29, 0.717) is 5.56 Å². The van der Waals surface area contributed by atoms with E-state index in [1.165, 1.54) is 18.2 Å². The predicted octanol–water partition coefficient (Wildman–Crippen LogP) is 3.74. The molecular formula is C12H13ClF2O2. The van der Waals surface area contributed by atoms with E-state index in [9.17, 15) is 13.6 Å². The van der Waals surface area contributed by atoms with Gasteiger partial charge in [0.1, 0.15) is 5.75 Å². The van der Waals surface area contributed by atoms with Crippen molar-refractivity contribution in [3.8, 4) is 5.75 Å². The third kappa shape index (κ3) is 3.66. The Labute approximate surface area is 104 Å². The number of hydrogen-bond donors (Lipinski definition) is 0. The Kier molecular flexibility index (Phi) is 4.46. The maximum absolute atomic E-state index is 12.0. The largest absolute Gasteiger partial charge is 0.435 e. The lowest BCUT2D eigenvalue weighted by Crippen LogP contribution is -2.26. The molecule has 0 spiro atoms. The second-order valence-corrected chi connectivity index (χ2v) is 4.52. The van der Waals surface area contributed by atoms with E-state index in [0.717, 1.165) is 0 Å². The summed E-state index contributed by atoms with van der Waals surface area (Å²) in [7, 11) is 0. The molecule has 0 radical (unpaired) electrons. The number of ketones is 1. The van der Waals surface area contributed by atoms with Crippen molar-refractivity contribution in [3.63, 3.8) is 0 Å². The van der Waals surface area contributed by atoms with Crippen molar-refractivity contribution in [1.29, 1.82) is 0 Å². The van der Waals surface area contributed by atoms with Gasteiger partial charge in [-0.1, -0.05) is 26.0 Å². The first-order chi connectivity index (χ1) is 7.86. The minimum absolute atomic E-state index is 0.0313. The topological polar surface area (TPSA) is 26.3 Å². The van der Waals surface area contributed by atoms with Crippen LogP contribution in [0, 0.1) is 5.41 Å². The molecule has 94 valence electrons. The van der Waals surface area contributed by atoms with Crippen LogP contribution < -0.4 is 4.74 Å². The molecule has 0 bridgehead atoms. The molecule has 17 heavy (non-hydrogen) atoms. The van der Waals surface area contributed by atoms with Gasteiger partial charge in [0.15, 0.2) is 5.78 Å². The van der Waals surface area contributed by atoms with E-state index in [2.05, 4.69) is 4.74 Å². The van der Waals surface area contributed by atoms with Crippen LogP contribution in [0.3, 0.4) is 0 Å². The molecule has 5 heteroatoms. The lowest BCUT2D eigenvalue weighted by atomic mass is 9.86. The van der Waals surface area contributed by atoms with E-state index in [1.807, 2.05) is 0 Å². The Morgan fingerprint density at radius 2 is 2.12 bits per heavy atom. The first-order valence-corrected chi connectivity index (χ1v) is 5.56. The van der Waals surface area contributed by atoms with E-state index in [4.69, 9.17) is 11.6 Å². The van der Waals surface area contributed by atoms with Crippen molar-refractivity contribution in [2.75, 3.05) is 5.88 Å². The number of ether oxygens (including phenoxy) is 1. The van der Waals surface area contributed by atoms with Crippen LogP contribution in [0.25, 0.3) is 0 Å². The van der Waals surface area contributed by atoms with Gasteiger partial charge in [-0.25, -0.2) is 0 Å². The van der Waals surface area contributed by atoms with Crippen LogP contribution >= 0.6 is 11.6 Å². The van der Waals surface area contributed by atoms with Crippen molar-refractivity contribution in [2.24, 2.45) is 5.41 Å². The van der Waals surface area contributed by atoms with Gasteiger partial charge in [-0.05, 0) is 12.1 Å². The van der Waals surface area contributed by atoms with E-state index in [1.54, 1.807) is 19.9 Å². The zero-order valence-electron chi connectivity index (χ0n) is 9.54. The average molecular weight is 263 g/mol. The summed E-state index contributed by atoms with van der Waals surface area (Å²) in [5.41, 5.74) is -0.417. The Morgan fingerprint density at radius 3 is 2.65 bits per heavy atom. The smallest absolute Gasteiger partial charge is 0.387 e. The molecule has 0 fully saturated rings. The number of benzene rings is 1. The maximum atomic E-state index is 12.0. The summed E-state index contributed by atoms with van der Waals surface area (Å²) in [4.78, 5) is 12.0. The number of Topliss-reactive ketones (excluding diaryl/α,β-unsaturated/α-hetero) is 1. The molecule has 2 nitrogen and oxygen atoms in total. The molecule has 0 aliphatic rings. The standard InChI is InChI=1S/C12H13ClF2O2/c1-12(2,7-13)10(16)8-4-3-5-9(6-8)17-11(14)15/h3-6,11H,7H2,1-2H3. The molecule has 0 aliphatic carbocycles. The average Bonchev–Trinajstić information content (AvgIpc) is 2.27. The van der Waals surface area contributed by atoms with Crippen molar-refractivity contribution >= 4 is 17.4 Å². The first kappa shape index (κ1) is 13.9. The quantitative estimate of drug-likeness (QED) is 0.597. The van der Waals surface area contributed by atoms with E-state index < -0.39 is 12.0 Å². The summed E-state index contributed by atoms with van der Waals surface area (Å²) >= 11 is 5.69. The Balaban J connectivity index is 2.96. The fraction of sp³-hybridized carbons (Fsp3) is 0.417. The molecule has 0 aromatic heterocycles. The Bertz CT molecular complexity index is 405. The maximum Gasteiger partial charge on any atom is 0.387 e. The van der Waals surface area contributed by atoms with Crippen LogP contribution in [0.1, 0.15) is 24.2 Å². The van der Waals surface area contributed by atoms with Crippen molar-refractivity contribution in [3.05, 3.63) is 29.8 Å². The minimum Gasteiger partial charge on any atom is -0.435 e. The second kappa shape index (κ2) is 5.45. The molecule has 0 atom stereocenters. The van der Waals surface area contributed by atoms with Gasteiger partial charge in [0, 0.05) is 16.9 Å². The summed E-state index contributed by atoms with van der Waals surface area (Å²) in [6.45, 7) is 0.493. The molecule has 1 aromatic carbocycles. The minimum atomic E-state index is -2.90. The third-order valence-electron chi connectivity index (χ3n) is 2.27. The van der Waals surface area contributed by atoms with Crippen LogP contribution in [0.4, 0.5) is 8.78 Å². The molecule has 0 saturated heterocycles. The summed E-state index contributed by atoms with van der Waals surface area (Å²) in [5, 5.41) is 0. The molecule has 1 aromatic rings. The predicted molar refractivity (Wildman–Crippen MR) is 61.9 cm³/mol. The Morgan fingerprint density at radius 1 is 1.47 bits per heavy atom. The fourth-order valence-electron chi connectivity index (χ4n) is 1.26. The summed E-state index contributed by atoms with van der Waals surface area (Å²) in [6, 6.07) is 5.71. The van der Waals surface area contributed by atoms with Crippen LogP contribution in [0.2, 0.25) is 0 Å². The SMILES string of the molecule is CC(C)(CCl)C(=O)c1cccc(OC(F)F)c1. The van der Waals surface area contributed by atoms with Gasteiger partial charge in [0.05, 0.1) is 0 Å². The lowest BCUT2D eigenvalue weighted by Gasteiger charge is -2.19. The van der Waals surface area contributed by atoms with E-state index >= 15 is 0 Å². The number of rotatable bonds is 5. The number of carbonyl (C=O) groups is 1. The van der Waals surface area contributed by atoms with Gasteiger partial charge in [-0.3, -0.25) is 4.79 Å². The van der Waals surface area contributed by atoms with Gasteiger partial charge in [0.25, 0.3) is 0 Å². The molecule has 1 rings (SSSR count). The van der Waals surface area contributed by atoms with Gasteiger partial charge in [-0.15, -0.1) is 11.6 Å². The number of halogens is 3. The molecule has 0 heterocycles. The van der Waals surface area contributed by atoms with E-state index in [-0.39, 0.29) is 17.4 Å². The lowest BCUT2D eigenvalue weighted by molar-refractivity contribution is -0.0498. The normalized spacial score (nSPS) is 11.6. The van der Waals surface area contributed by atoms with Crippen molar-refractivity contribution in [1.82, 2.24) is 0 Å². The zero-order chi connectivity index (χ0) is 13.1. The van der Waals surface area contributed by atoms with Gasteiger partial charge in [-0.2, -0.15) is 8.78 Å². The van der Waals surface area contributed by atoms with Crippen LogP contribution in [-0.2, 0) is 0 Å². The second-order valence-electron chi connectivity index (χ2n) is 4.25. The highest BCUT2D eigenvalue weighted by molar-refractivity contribution is 6.21. The zero-order valence-corrected chi connectivity index (χ0v) is 10.3. The van der Waals surface area contributed by atoms with Gasteiger partial charge < -0.3 is 4.74 Å². The Hall–Kier alpha value is -1.16. The van der Waals surface area contributed by atoms with Gasteiger partial charge >= 0.3 is 6.61 Å². The number of alkyl halides is 3. The third-order valence-corrected chi connectivity index (χ3v) is 2.94. The van der Waals surface area contributed by atoms with Crippen LogP contribution in [0.5, 0.6) is 5.75 Å². The summed E-state index contributed by atoms with van der Waals surface area (Å²) in [6.07, 6.45) is 0. The molecule has 0 N–H and O–H groups in total. The highest BCUT2D eigenvalue weighted by Gasteiger charge is 2.27. The number of hydrogen-bond acceptors (Lipinski definition) is 2. The molecular weight excluding hydrogens is 250 g/mol. The van der Waals surface area contributed by atoms with Crippen LogP contribution in [0.15, 0.2) is 24.3 Å². The summed E-state index contributed by atoms with van der Waals surface area (Å²) in [5.74, 6) is -0.0744. The molecule has 0 saturated carbocycles. The molecule has 0 unspecified atom stereocenters. The fourth-order valence-corrected chi connectivity index (χ4v) is 1.39. The monoisotopic (exact) mass is 262 g/mol. The highest BCUT2D eigenvalue weighted by atomic mass is 35.5. The van der Waals surface area contributed by atoms with Gasteiger partial charge in [0.2, 0.25) is 0 Å². The van der Waals surface area contributed by atoms with Crippen LogP contribution in [-0.4, -0.2) is 18.3 Å². The van der Waals surface area contributed by atoms with Crippen molar-refractivity contribution < 1.29 is 18.3 Å². The first-order valence-electron chi connectivity index (χ1n) is 5.02. The number of carbonyl (C=O) groups excluding carboxylic acids is 1. The highest BCUT2D eigenvalue weighted by Crippen LogP contribution is 2.25. The van der Waals surface area contributed by atoms with Crippen molar-refractivity contribution in [2.45, 2.75) is 20.5 Å².